The Morgan fingerprint density at radius 1 is 0.790 bits per heavy atom. The summed E-state index contributed by atoms with van der Waals surface area (Å²) in [6.45, 7) is 12.2. The Bertz CT molecular complexity index is 3650. The molecular weight excluding hydrogens is 1840 g/mol. The van der Waals surface area contributed by atoms with Crippen LogP contribution in [0, 0.1) is 11.8 Å². The molecule has 2 aromatic rings. The molecule has 0 aliphatic carbocycles. The van der Waals surface area contributed by atoms with Crippen LogP contribution < -0.4 is 43.2 Å². The number of amides is 6. The molecule has 9 rings (SSSR count). The zero-order valence-corrected chi connectivity index (χ0v) is 73.0. The van der Waals surface area contributed by atoms with Gasteiger partial charge < -0.3 is 77.2 Å². The van der Waals surface area contributed by atoms with Crippen molar-refractivity contribution in [3.63, 3.8) is 0 Å². The van der Waals surface area contributed by atoms with Crippen LogP contribution in [0.15, 0.2) is 71.9 Å². The maximum Gasteiger partial charge on any atom is 0 e. The van der Waals surface area contributed by atoms with Gasteiger partial charge in [0.15, 0.2) is 11.4 Å². The number of alkyl carbamates (subject to hydrolysis) is 2. The van der Waals surface area contributed by atoms with Crippen molar-refractivity contribution < 1.29 is 132 Å². The molecule has 7 aliphatic rings. The Balaban J connectivity index is 0.000000423. The standard InChI is InChI=1S/C35H46ClN3O10S2.C35H48ClN3O10S.I3.V.2H2/c1-19-9-8-10-26(46-6)35(44)17-25(47-33(43)37-35)20(2)31-34(3,49-31)27-16-29(41)39(22-14-21(13-19)15-24(45-5)30(22)36)18-23(32(42)48-27)38(4)28(40)11-12-51-50-7;1-19-10-9-11-26(46-8)35(44)18-25(47-33(43)37-35)20(2)31-34(4,49-31)27(48-32(42)21(3)38(5)28(40)12-13-50)17-29(41)39(6)23-15-22(14-19)16-24(45-7)30(23)36;1-3-2;;;/h8-10,14-15,20,23,25-27,31,44H,11-13,16-18H2,1-7H3,(H,37,43);9-11,15-16,20-21,25-27,31,44,50H,12-14,17-18H2,1-8H3,(H,37,43);;;2*1H/q;;-1;;;/b10-8+,19-9+;11-9+,19-10+;;;;/t20-,23+,25+,26-,27+,31?,34-,35+;20-,21-,25+,26-,27?,31?,34-,35+;;;;/m11..../s1/i;;;;1+2D;1+2. The molecule has 1 radical (unpaired) electrons. The number of likely N-dealkylation sites (N-methyl/N-ethyl adjacent to an activating group) is 2. The third-order valence-electron chi connectivity index (χ3n) is 19.9. The summed E-state index contributed by atoms with van der Waals surface area (Å²) in [6, 6.07) is 5.00. The van der Waals surface area contributed by atoms with E-state index in [1.807, 2.05) is 39.2 Å². The minimum Gasteiger partial charge on any atom is 0 e. The molecule has 3 unspecified atom stereocenters. The van der Waals surface area contributed by atoms with Crippen molar-refractivity contribution in [2.24, 2.45) is 11.8 Å². The predicted octanol–water partition coefficient (Wildman–Crippen LogP) is 7.38. The van der Waals surface area contributed by atoms with Gasteiger partial charge in [0.05, 0.1) is 57.2 Å². The van der Waals surface area contributed by atoms with Gasteiger partial charge in [-0.3, -0.25) is 29.8 Å². The van der Waals surface area contributed by atoms with Crippen molar-refractivity contribution in [3.05, 3.63) is 93.0 Å². The van der Waals surface area contributed by atoms with E-state index in [9.17, 15) is 48.6 Å². The quantitative estimate of drug-likeness (QED) is 0.0234. The van der Waals surface area contributed by atoms with Gasteiger partial charge in [0.25, 0.3) is 0 Å². The number of aliphatic hydroxyl groups is 2. The SMILES string of the molecule is COc1cc2cc(c1Cl)N(C)C(=O)CC(OC(=O)[C@@H](C)N(C)C(=O)CCS)[C@@]1(C)OC1[C@H](C)[C@@H]1C[C@@](O)(NC(=O)O1)[C@H](OC)/C=C/C=C(\C)C2.COc1cc2cc(c1Cl)N1C[C@H](N(C)C(=O)CCSSC)C(=O)O[C@@H](CC1=O)[C@@]1(C)OC1[C@H](C)[C@@H]1C[C@@](O)(NC(=O)O1)[C@H](OC)/C=C/C=C(\C)C2.I[I-]I.[2H][3H].[3HH].[V]. The molecule has 5 saturated heterocycles. The maximum atomic E-state index is 14.4. The van der Waals surface area contributed by atoms with Gasteiger partial charge in [-0.2, -0.15) is 12.6 Å². The third kappa shape index (κ3) is 22.0. The van der Waals surface area contributed by atoms with Gasteiger partial charge in [-0.15, -0.1) is 0 Å². The zero-order valence-electron chi connectivity index (χ0n) is 63.1. The number of ether oxygens (including phenoxy) is 10. The molecule has 0 saturated carbocycles. The number of nitrogens with one attached hydrogen (secondary N) is 2. The molecule has 16 atom stereocenters. The van der Waals surface area contributed by atoms with Crippen LogP contribution in [0.25, 0.3) is 0 Å². The van der Waals surface area contributed by atoms with Crippen molar-refractivity contribution in [1.29, 1.82) is 0 Å². The third-order valence-corrected chi connectivity index (χ3v) is 22.7. The minimum absolute atomic E-state index is 0. The Hall–Kier alpha value is -3.48. The molecule has 35 heteroatoms. The molecule has 6 amide bonds. The Labute approximate surface area is 683 Å². The second-order valence-electron chi connectivity index (χ2n) is 27.0. The molecule has 0 aromatic heterocycles. The van der Waals surface area contributed by atoms with E-state index in [0.29, 0.717) is 60.5 Å². The van der Waals surface area contributed by atoms with Crippen LogP contribution in [0.2, 0.25) is 10.0 Å². The molecule has 4 N–H and O–H groups in total. The molecular formula is C70H98Cl2I3N6O20S3V-. The summed E-state index contributed by atoms with van der Waals surface area (Å²) in [5, 5.41) is 28.8. The summed E-state index contributed by atoms with van der Waals surface area (Å²) < 4.78 is 68.3. The van der Waals surface area contributed by atoms with Crippen molar-refractivity contribution in [3.8, 4) is 11.5 Å². The summed E-state index contributed by atoms with van der Waals surface area (Å²) in [4.78, 5) is 113. The van der Waals surface area contributed by atoms with Crippen molar-refractivity contribution in [2.75, 3.05) is 83.7 Å². The number of hydrogen-bond acceptors (Lipinski definition) is 23. The fourth-order valence-corrected chi connectivity index (χ4v) is 15.5. The van der Waals surface area contributed by atoms with E-state index in [1.54, 1.807) is 76.4 Å². The first kappa shape index (κ1) is 88.7. The molecule has 2 aromatic carbocycles. The van der Waals surface area contributed by atoms with Crippen LogP contribution in [0.1, 0.15) is 103 Å². The summed E-state index contributed by atoms with van der Waals surface area (Å²) in [5.41, 5.74) is -1.88. The monoisotopic (exact) mass is 1950 g/mol. The van der Waals surface area contributed by atoms with Crippen molar-refractivity contribution >= 4 is 154 Å². The topological polar surface area (TPSA) is 313 Å². The van der Waals surface area contributed by atoms with E-state index in [1.165, 1.54) is 90.6 Å². The molecule has 10 bridgehead atoms. The van der Waals surface area contributed by atoms with Crippen molar-refractivity contribution in [1.82, 2.24) is 20.4 Å². The average Bonchev–Trinajstić information content (AvgIpc) is 1.57. The van der Waals surface area contributed by atoms with Gasteiger partial charge in [-0.25, -0.2) is 19.2 Å². The van der Waals surface area contributed by atoms with Crippen LogP contribution >= 0.6 is 94.7 Å². The van der Waals surface area contributed by atoms with Crippen LogP contribution in [0.4, 0.5) is 21.0 Å². The number of nitrogens with zero attached hydrogens (tertiary/aromatic N) is 4. The van der Waals surface area contributed by atoms with E-state index in [-0.39, 0.29) is 86.9 Å². The first-order chi connectivity index (χ1) is 50.0. The second-order valence-corrected chi connectivity index (χ2v) is 47.1. The number of hydrogen-bond donors (Lipinski definition) is 5. The summed E-state index contributed by atoms with van der Waals surface area (Å²) in [5.74, 6) is -2.32. The van der Waals surface area contributed by atoms with E-state index in [0.717, 1.165) is 22.3 Å². The molecule has 5 fully saturated rings. The first-order valence-electron chi connectivity index (χ1n) is 34.4. The van der Waals surface area contributed by atoms with Crippen LogP contribution in [0.5, 0.6) is 11.5 Å². The number of thiol groups is 1. The van der Waals surface area contributed by atoms with Crippen LogP contribution in [0.3, 0.4) is 0 Å². The predicted molar refractivity (Wildman–Crippen MR) is 417 cm³/mol. The molecule has 105 heavy (non-hydrogen) atoms. The van der Waals surface area contributed by atoms with E-state index >= 15 is 0 Å². The van der Waals surface area contributed by atoms with Crippen LogP contribution in [-0.4, -0.2) is 225 Å². The number of esters is 2. The number of rotatable bonds is 14. The van der Waals surface area contributed by atoms with E-state index in [4.69, 9.17) is 73.5 Å². The van der Waals surface area contributed by atoms with Gasteiger partial charge in [-0.05, 0) is 94.9 Å². The number of methoxy groups -OCH3 is 4. The van der Waals surface area contributed by atoms with Gasteiger partial charge >= 0.3 is 74.6 Å². The Morgan fingerprint density at radius 3 is 1.76 bits per heavy atom. The second kappa shape index (κ2) is 39.6. The summed E-state index contributed by atoms with van der Waals surface area (Å²) in [6.07, 6.45) is 4.29. The van der Waals surface area contributed by atoms with Gasteiger partial charge in [0, 0.05) is 102 Å². The summed E-state index contributed by atoms with van der Waals surface area (Å²) >= 11 is 23.1. The minimum atomic E-state index is -1.82. The number of fused-ring (bicyclic) bond motifs is 15. The number of anilines is 2. The smallest absolute Gasteiger partial charge is 0 e. The molecule has 26 nitrogen and oxygen atoms in total. The normalized spacial score (nSPS) is 32.2. The maximum absolute atomic E-state index is 14.4. The fraction of sp³-hybridized carbons (Fsp3) is 0.600. The van der Waals surface area contributed by atoms with E-state index in [2.05, 4.69) is 60.5 Å². The molecule has 7 aliphatic heterocycles. The first-order valence-corrected chi connectivity index (χ1v) is 50.1. The average molecular weight is 1950 g/mol. The summed E-state index contributed by atoms with van der Waals surface area (Å²) in [7, 11) is 13.5. The molecule has 587 valence electrons. The van der Waals surface area contributed by atoms with Crippen LogP contribution in [-0.2, 0) is 98.1 Å². The number of carbonyl (C=O) groups is 8. The zero-order chi connectivity index (χ0) is 79.1. The van der Waals surface area contributed by atoms with Gasteiger partial charge in [-0.1, -0.05) is 106 Å². The largest absolute Gasteiger partial charge is 0 e. The fourth-order valence-electron chi connectivity index (χ4n) is 13.5. The Kier molecular flexibility index (Phi) is 33.5. The van der Waals surface area contributed by atoms with E-state index < -0.39 is 131 Å². The number of epoxide rings is 2. The molecule has 0 spiro atoms. The number of allylic oxidation sites excluding steroid dienone is 6. The Morgan fingerprint density at radius 2 is 1.28 bits per heavy atom. The number of carbonyl (C=O) groups excluding carboxylic acids is 8. The van der Waals surface area contributed by atoms with Gasteiger partial charge in [0.2, 0.25) is 23.6 Å². The van der Waals surface area contributed by atoms with Crippen molar-refractivity contribution in [2.45, 2.75) is 183 Å². The van der Waals surface area contributed by atoms with Gasteiger partial charge in [0.1, 0.15) is 81.5 Å². The number of halogens is 5. The molecule has 7 heterocycles. The number of benzene rings is 2.